The van der Waals surface area contributed by atoms with Crippen LogP contribution in [-0.2, 0) is 23.9 Å². The van der Waals surface area contributed by atoms with E-state index in [0.29, 0.717) is 43.8 Å². The van der Waals surface area contributed by atoms with Crippen LogP contribution in [0, 0.1) is 17.8 Å². The molecule has 1 amide bonds. The third-order valence-electron chi connectivity index (χ3n) is 11.5. The topological polar surface area (TPSA) is 76.2 Å². The number of hydrogen-bond acceptors (Lipinski definition) is 6. The predicted molar refractivity (Wildman–Crippen MR) is 234 cm³/mol. The van der Waals surface area contributed by atoms with Crippen molar-refractivity contribution in [2.75, 3.05) is 47.4 Å². The molecular formula is C48H94N2O5. The molecule has 0 aliphatic carbocycles. The van der Waals surface area contributed by atoms with Crippen molar-refractivity contribution in [3.8, 4) is 0 Å². The standard InChI is InChI=1S/C48H94N2O5/c1-8-12-16-24-33-43(31-14-10-3)41-54-46(51)37-28-22-18-20-26-35-45(48(53)50(7)40-30-39-49(5)6)36-27-21-19-23-29-38-47(52)55-42-44(32-15-11-4)34-25-17-13-9-2/h43-45H,8-42H2,1-7H3. The van der Waals surface area contributed by atoms with Crippen molar-refractivity contribution < 1.29 is 23.9 Å². The van der Waals surface area contributed by atoms with Gasteiger partial charge in [0.1, 0.15) is 0 Å². The number of unbranched alkanes of at least 4 members (excludes halogenated alkanes) is 16. The van der Waals surface area contributed by atoms with Gasteiger partial charge in [0.25, 0.3) is 0 Å². The SMILES string of the molecule is CCCCCCC(CCCC)COC(=O)CCCCCCCC(CCCCCCCC(=O)OCC(CCCC)CCCCCC)C(=O)N(C)CCCN(C)C. The molecule has 0 radical (unpaired) electrons. The van der Waals surface area contributed by atoms with Gasteiger partial charge in [-0.2, -0.15) is 0 Å². The maximum absolute atomic E-state index is 13.5. The molecule has 0 saturated carbocycles. The van der Waals surface area contributed by atoms with E-state index in [1.807, 2.05) is 11.9 Å². The summed E-state index contributed by atoms with van der Waals surface area (Å²) in [5.41, 5.74) is 0. The lowest BCUT2D eigenvalue weighted by molar-refractivity contribution is -0.146. The molecule has 55 heavy (non-hydrogen) atoms. The van der Waals surface area contributed by atoms with Crippen LogP contribution in [0.5, 0.6) is 0 Å². The Morgan fingerprint density at radius 2 is 0.782 bits per heavy atom. The Kier molecular flexibility index (Phi) is 38.0. The van der Waals surface area contributed by atoms with Gasteiger partial charge >= 0.3 is 11.9 Å². The van der Waals surface area contributed by atoms with Gasteiger partial charge in [0.2, 0.25) is 5.91 Å². The third kappa shape index (κ3) is 34.2. The van der Waals surface area contributed by atoms with Crippen molar-refractivity contribution >= 4 is 17.8 Å². The van der Waals surface area contributed by atoms with Crippen LogP contribution in [0.3, 0.4) is 0 Å². The third-order valence-corrected chi connectivity index (χ3v) is 11.5. The molecule has 0 aromatic heterocycles. The highest BCUT2D eigenvalue weighted by molar-refractivity contribution is 5.78. The summed E-state index contributed by atoms with van der Waals surface area (Å²) in [4.78, 5) is 42.6. The Balaban J connectivity index is 4.51. The van der Waals surface area contributed by atoms with Crippen LogP contribution in [0.15, 0.2) is 0 Å². The Hall–Kier alpha value is -1.63. The molecule has 0 saturated heterocycles. The number of carbonyl (C=O) groups excluding carboxylic acids is 3. The van der Waals surface area contributed by atoms with Crippen LogP contribution in [0.2, 0.25) is 0 Å². The smallest absolute Gasteiger partial charge is 0.305 e. The summed E-state index contributed by atoms with van der Waals surface area (Å²) < 4.78 is 11.5. The molecule has 0 N–H and O–H groups in total. The molecule has 0 spiro atoms. The lowest BCUT2D eigenvalue weighted by Crippen LogP contribution is -2.35. The van der Waals surface area contributed by atoms with Crippen molar-refractivity contribution in [2.24, 2.45) is 17.8 Å². The zero-order chi connectivity index (χ0) is 40.8. The summed E-state index contributed by atoms with van der Waals surface area (Å²) in [5, 5.41) is 0. The van der Waals surface area contributed by atoms with Crippen LogP contribution in [0.4, 0.5) is 0 Å². The molecule has 0 aliphatic heterocycles. The number of ether oxygens (including phenoxy) is 2. The summed E-state index contributed by atoms with van der Waals surface area (Å²) in [6.45, 7) is 11.9. The number of nitrogens with zero attached hydrogens (tertiary/aromatic N) is 2. The summed E-state index contributed by atoms with van der Waals surface area (Å²) in [6.07, 6.45) is 34.0. The van der Waals surface area contributed by atoms with Crippen LogP contribution in [0.1, 0.15) is 227 Å². The van der Waals surface area contributed by atoms with E-state index in [4.69, 9.17) is 9.47 Å². The lowest BCUT2D eigenvalue weighted by atomic mass is 9.92. The number of amides is 1. The molecule has 0 bridgehead atoms. The summed E-state index contributed by atoms with van der Waals surface area (Å²) in [6, 6.07) is 0. The van der Waals surface area contributed by atoms with Crippen molar-refractivity contribution in [2.45, 2.75) is 227 Å². The molecule has 0 fully saturated rings. The van der Waals surface area contributed by atoms with Crippen molar-refractivity contribution in [1.82, 2.24) is 9.80 Å². The quantitative estimate of drug-likeness (QED) is 0.0454. The average Bonchev–Trinajstić information content (AvgIpc) is 3.17. The molecule has 0 rings (SSSR count). The molecule has 0 aromatic rings. The highest BCUT2D eigenvalue weighted by atomic mass is 16.5. The zero-order valence-corrected chi connectivity index (χ0v) is 37.9. The average molecular weight is 779 g/mol. The van der Waals surface area contributed by atoms with Gasteiger partial charge in [-0.05, 0) is 90.3 Å². The van der Waals surface area contributed by atoms with Gasteiger partial charge in [-0.3, -0.25) is 14.4 Å². The van der Waals surface area contributed by atoms with Gasteiger partial charge in [-0.25, -0.2) is 0 Å². The van der Waals surface area contributed by atoms with Gasteiger partial charge in [0.15, 0.2) is 0 Å². The first-order valence-electron chi connectivity index (χ1n) is 23.9. The largest absolute Gasteiger partial charge is 0.465 e. The predicted octanol–water partition coefficient (Wildman–Crippen LogP) is 13.1. The monoisotopic (exact) mass is 779 g/mol. The maximum Gasteiger partial charge on any atom is 0.305 e. The van der Waals surface area contributed by atoms with E-state index in [1.165, 1.54) is 103 Å². The molecular weight excluding hydrogens is 685 g/mol. The molecule has 0 aliphatic rings. The first-order chi connectivity index (χ1) is 26.7. The number of esters is 2. The van der Waals surface area contributed by atoms with E-state index in [9.17, 15) is 14.4 Å². The Labute approximate surface area is 342 Å². The minimum atomic E-state index is -0.0302. The van der Waals surface area contributed by atoms with E-state index in [-0.39, 0.29) is 17.9 Å². The van der Waals surface area contributed by atoms with Gasteiger partial charge in [0.05, 0.1) is 13.2 Å². The number of rotatable bonds is 41. The highest BCUT2D eigenvalue weighted by Crippen LogP contribution is 2.23. The molecule has 0 aromatic carbocycles. The highest BCUT2D eigenvalue weighted by Gasteiger charge is 2.21. The molecule has 326 valence electrons. The summed E-state index contributed by atoms with van der Waals surface area (Å²) in [5.74, 6) is 1.35. The van der Waals surface area contributed by atoms with Crippen molar-refractivity contribution in [3.05, 3.63) is 0 Å². The van der Waals surface area contributed by atoms with E-state index in [0.717, 1.165) is 96.6 Å². The second kappa shape index (κ2) is 39.2. The zero-order valence-electron chi connectivity index (χ0n) is 37.9. The van der Waals surface area contributed by atoms with Crippen LogP contribution >= 0.6 is 0 Å². The molecule has 7 nitrogen and oxygen atoms in total. The van der Waals surface area contributed by atoms with Gasteiger partial charge in [-0.1, -0.05) is 156 Å². The van der Waals surface area contributed by atoms with Crippen LogP contribution in [-0.4, -0.2) is 75.1 Å². The van der Waals surface area contributed by atoms with E-state index in [2.05, 4.69) is 46.7 Å². The molecule has 2 unspecified atom stereocenters. The second-order valence-electron chi connectivity index (χ2n) is 17.3. The number of hydrogen-bond donors (Lipinski definition) is 0. The lowest BCUT2D eigenvalue weighted by Gasteiger charge is -2.24. The van der Waals surface area contributed by atoms with Crippen molar-refractivity contribution in [3.63, 3.8) is 0 Å². The van der Waals surface area contributed by atoms with E-state index in [1.54, 1.807) is 0 Å². The van der Waals surface area contributed by atoms with Gasteiger partial charge in [-0.15, -0.1) is 0 Å². The second-order valence-corrected chi connectivity index (χ2v) is 17.3. The maximum atomic E-state index is 13.5. The molecule has 2 atom stereocenters. The van der Waals surface area contributed by atoms with Gasteiger partial charge in [0, 0.05) is 32.4 Å². The minimum absolute atomic E-state index is 0.0302. The Morgan fingerprint density at radius 3 is 1.20 bits per heavy atom. The first kappa shape index (κ1) is 53.4. The van der Waals surface area contributed by atoms with Gasteiger partial charge < -0.3 is 19.3 Å². The van der Waals surface area contributed by atoms with E-state index >= 15 is 0 Å². The van der Waals surface area contributed by atoms with Crippen LogP contribution in [0.25, 0.3) is 0 Å². The minimum Gasteiger partial charge on any atom is -0.465 e. The normalized spacial score (nSPS) is 13.2. The Morgan fingerprint density at radius 1 is 0.418 bits per heavy atom. The number of carbonyl (C=O) groups is 3. The fourth-order valence-electron chi connectivity index (χ4n) is 7.71. The molecule has 0 heterocycles. The van der Waals surface area contributed by atoms with Crippen LogP contribution < -0.4 is 0 Å². The first-order valence-corrected chi connectivity index (χ1v) is 23.9. The molecule has 7 heteroatoms. The summed E-state index contributed by atoms with van der Waals surface area (Å²) >= 11 is 0. The Bertz CT molecular complexity index is 826. The summed E-state index contributed by atoms with van der Waals surface area (Å²) in [7, 11) is 6.13. The van der Waals surface area contributed by atoms with E-state index < -0.39 is 0 Å². The fraction of sp³-hybridized carbons (Fsp3) is 0.938. The fourth-order valence-corrected chi connectivity index (χ4v) is 7.71. The van der Waals surface area contributed by atoms with Crippen molar-refractivity contribution in [1.29, 1.82) is 0 Å².